The van der Waals surface area contributed by atoms with E-state index < -0.39 is 0 Å². The first-order valence-electron chi connectivity index (χ1n) is 7.06. The molecule has 0 aromatic carbocycles. The molecule has 3 unspecified atom stereocenters. The van der Waals surface area contributed by atoms with Gasteiger partial charge in [-0.05, 0) is 37.3 Å². The first-order chi connectivity index (χ1) is 9.70. The second kappa shape index (κ2) is 5.49. The minimum absolute atomic E-state index is 0.175. The highest BCUT2D eigenvalue weighted by atomic mass is 35.5. The second-order valence-electron chi connectivity index (χ2n) is 5.25. The molecule has 0 amide bonds. The van der Waals surface area contributed by atoms with Gasteiger partial charge < -0.3 is 9.64 Å². The van der Waals surface area contributed by atoms with E-state index in [1.165, 1.54) is 0 Å². The Kier molecular flexibility index (Phi) is 3.70. The summed E-state index contributed by atoms with van der Waals surface area (Å²) in [6.45, 7) is 3.21. The highest BCUT2D eigenvalue weighted by molar-refractivity contribution is 6.24. The van der Waals surface area contributed by atoms with Gasteiger partial charge in [-0.2, -0.15) is 0 Å². The van der Waals surface area contributed by atoms with Crippen LogP contribution in [-0.4, -0.2) is 35.4 Å². The summed E-state index contributed by atoms with van der Waals surface area (Å²) in [6, 6.07) is 0.275. The zero-order valence-electron chi connectivity index (χ0n) is 11.5. The van der Waals surface area contributed by atoms with Gasteiger partial charge in [0.15, 0.2) is 0 Å². The quantitative estimate of drug-likeness (QED) is 0.579. The zero-order valence-corrected chi connectivity index (χ0v) is 12.2. The van der Waals surface area contributed by atoms with Crippen LogP contribution in [0.5, 0.6) is 0 Å². The number of hydrogen-bond acceptors (Lipinski definition) is 3. The zero-order chi connectivity index (χ0) is 14.1. The summed E-state index contributed by atoms with van der Waals surface area (Å²) in [7, 11) is 0. The van der Waals surface area contributed by atoms with Crippen molar-refractivity contribution in [3.63, 3.8) is 0 Å². The van der Waals surface area contributed by atoms with Gasteiger partial charge in [0.05, 0.1) is 23.6 Å². The van der Waals surface area contributed by atoms with E-state index in [2.05, 4.69) is 17.2 Å². The smallest absolute Gasteiger partial charge is 0.337 e. The highest BCUT2D eigenvalue weighted by Gasteiger charge is 2.39. The number of alkyl halides is 1. The predicted molar refractivity (Wildman–Crippen MR) is 79.3 cm³/mol. The van der Waals surface area contributed by atoms with Crippen molar-refractivity contribution >= 4 is 17.6 Å². The third-order valence-corrected chi connectivity index (χ3v) is 4.44. The summed E-state index contributed by atoms with van der Waals surface area (Å²) < 4.78 is 5.12. The molecule has 0 saturated carbocycles. The van der Waals surface area contributed by atoms with Crippen molar-refractivity contribution in [2.45, 2.75) is 24.8 Å². The van der Waals surface area contributed by atoms with E-state index in [0.29, 0.717) is 18.1 Å². The lowest BCUT2D eigenvalue weighted by atomic mass is 9.84. The largest absolute Gasteiger partial charge is 0.462 e. The fraction of sp³-hybridized carbons (Fsp3) is 0.438. The average Bonchev–Trinajstić information content (AvgIpc) is 2.84. The fourth-order valence-electron chi connectivity index (χ4n) is 3.18. The van der Waals surface area contributed by atoms with Crippen molar-refractivity contribution in [1.82, 2.24) is 4.90 Å². The molecule has 3 aliphatic rings. The Morgan fingerprint density at radius 2 is 2.35 bits per heavy atom. The van der Waals surface area contributed by atoms with Crippen LogP contribution in [0.1, 0.15) is 13.3 Å². The molecule has 0 radical (unpaired) electrons. The van der Waals surface area contributed by atoms with Crippen molar-refractivity contribution in [3.8, 4) is 0 Å². The van der Waals surface area contributed by atoms with E-state index in [-0.39, 0.29) is 17.4 Å². The third kappa shape index (κ3) is 2.31. The first-order valence-corrected chi connectivity index (χ1v) is 7.49. The maximum Gasteiger partial charge on any atom is 0.337 e. The Bertz CT molecular complexity index is 533. The molecule has 0 aromatic heterocycles. The number of nitrogens with zero attached hydrogens (tertiary/aromatic N) is 1. The second-order valence-corrected chi connectivity index (χ2v) is 5.72. The summed E-state index contributed by atoms with van der Waals surface area (Å²) in [5.74, 6) is 0.0918. The Balaban J connectivity index is 1.97. The standard InChI is InChI=1S/C16H18ClNO2/c1-2-20-16(19)12-9-11-6-8-18-7-4-3-5-14(17)13(10-12)15(11)18/h3-5,7,9-11,14-15H,2,6,8H2,1H3. The van der Waals surface area contributed by atoms with Crippen LogP contribution in [0, 0.1) is 5.92 Å². The van der Waals surface area contributed by atoms with Gasteiger partial charge in [-0.15, -0.1) is 11.6 Å². The van der Waals surface area contributed by atoms with Crippen LogP contribution in [0.3, 0.4) is 0 Å². The van der Waals surface area contributed by atoms with Gasteiger partial charge in [0.2, 0.25) is 0 Å². The molecule has 0 N–H and O–H groups in total. The molecule has 3 atom stereocenters. The number of carbonyl (C=O) groups excluding carboxylic acids is 1. The minimum Gasteiger partial charge on any atom is -0.462 e. The molecule has 0 bridgehead atoms. The molecule has 20 heavy (non-hydrogen) atoms. The van der Waals surface area contributed by atoms with Gasteiger partial charge >= 0.3 is 5.97 Å². The average molecular weight is 292 g/mol. The maximum atomic E-state index is 12.0. The van der Waals surface area contributed by atoms with E-state index in [0.717, 1.165) is 18.5 Å². The topological polar surface area (TPSA) is 29.5 Å². The molecule has 0 aromatic rings. The van der Waals surface area contributed by atoms with Crippen molar-refractivity contribution < 1.29 is 9.53 Å². The van der Waals surface area contributed by atoms with Crippen LogP contribution in [-0.2, 0) is 9.53 Å². The SMILES string of the molecule is CCOC(=O)C1=CC2CCN3C=CC=CC(Cl)C(=C1)C23. The van der Waals surface area contributed by atoms with Crippen molar-refractivity contribution in [2.24, 2.45) is 5.92 Å². The van der Waals surface area contributed by atoms with Gasteiger partial charge in [0.25, 0.3) is 0 Å². The number of hydrogen-bond donors (Lipinski definition) is 0. The van der Waals surface area contributed by atoms with Gasteiger partial charge in [-0.3, -0.25) is 0 Å². The number of halogens is 1. The number of ether oxygens (including phenoxy) is 1. The van der Waals surface area contributed by atoms with Crippen molar-refractivity contribution in [2.75, 3.05) is 13.2 Å². The Labute approximate surface area is 124 Å². The lowest BCUT2D eigenvalue weighted by Gasteiger charge is -2.33. The number of allylic oxidation sites excluding steroid dienone is 3. The normalized spacial score (nSPS) is 31.1. The molecule has 1 aliphatic carbocycles. The maximum absolute atomic E-state index is 12.0. The molecule has 2 aliphatic heterocycles. The molecular weight excluding hydrogens is 274 g/mol. The van der Waals surface area contributed by atoms with Crippen LogP contribution in [0.25, 0.3) is 0 Å². The van der Waals surface area contributed by atoms with Gasteiger partial charge in [0.1, 0.15) is 0 Å². The summed E-state index contributed by atoms with van der Waals surface area (Å²) in [4.78, 5) is 14.3. The lowest BCUT2D eigenvalue weighted by molar-refractivity contribution is -0.138. The number of carbonyl (C=O) groups is 1. The first kappa shape index (κ1) is 13.5. The monoisotopic (exact) mass is 291 g/mol. The van der Waals surface area contributed by atoms with Crippen LogP contribution in [0.4, 0.5) is 0 Å². The molecule has 3 rings (SSSR count). The highest BCUT2D eigenvalue weighted by Crippen LogP contribution is 2.39. The van der Waals surface area contributed by atoms with E-state index in [4.69, 9.17) is 16.3 Å². The van der Waals surface area contributed by atoms with E-state index in [9.17, 15) is 4.79 Å². The predicted octanol–water partition coefficient (Wildman–Crippen LogP) is 2.80. The summed E-state index contributed by atoms with van der Waals surface area (Å²) >= 11 is 6.48. The Morgan fingerprint density at radius 3 is 3.15 bits per heavy atom. The van der Waals surface area contributed by atoms with Gasteiger partial charge in [-0.1, -0.05) is 18.2 Å². The van der Waals surface area contributed by atoms with Crippen LogP contribution in [0.15, 0.2) is 47.7 Å². The molecule has 0 spiro atoms. The number of rotatable bonds is 2. The van der Waals surface area contributed by atoms with Crippen molar-refractivity contribution in [3.05, 3.63) is 47.7 Å². The van der Waals surface area contributed by atoms with Gasteiger partial charge in [0, 0.05) is 12.5 Å². The van der Waals surface area contributed by atoms with E-state index in [1.54, 1.807) is 0 Å². The molecule has 1 fully saturated rings. The third-order valence-electron chi connectivity index (χ3n) is 4.04. The molecule has 106 valence electrons. The summed E-state index contributed by atoms with van der Waals surface area (Å²) in [6.07, 6.45) is 13.1. The van der Waals surface area contributed by atoms with E-state index in [1.807, 2.05) is 31.2 Å². The molecule has 4 heteroatoms. The van der Waals surface area contributed by atoms with E-state index >= 15 is 0 Å². The molecular formula is C16H18ClNO2. The summed E-state index contributed by atoms with van der Waals surface area (Å²) in [5, 5.41) is -0.175. The van der Waals surface area contributed by atoms with Crippen LogP contribution >= 0.6 is 11.6 Å². The van der Waals surface area contributed by atoms with Crippen LogP contribution in [0.2, 0.25) is 0 Å². The minimum atomic E-state index is -0.248. The number of esters is 1. The molecule has 3 nitrogen and oxygen atoms in total. The lowest BCUT2D eigenvalue weighted by Crippen LogP contribution is -2.36. The Morgan fingerprint density at radius 1 is 1.50 bits per heavy atom. The fourth-order valence-corrected chi connectivity index (χ4v) is 3.46. The Hall–Kier alpha value is -1.48. The molecule has 2 heterocycles. The molecule has 1 saturated heterocycles. The van der Waals surface area contributed by atoms with Crippen molar-refractivity contribution in [1.29, 1.82) is 0 Å². The summed E-state index contributed by atoms with van der Waals surface area (Å²) in [5.41, 5.74) is 1.74. The van der Waals surface area contributed by atoms with Crippen LogP contribution < -0.4 is 0 Å². The van der Waals surface area contributed by atoms with Gasteiger partial charge in [-0.25, -0.2) is 4.79 Å².